The largest absolute Gasteiger partial charge is 0.573 e. The monoisotopic (exact) mass is 391 g/mol. The van der Waals surface area contributed by atoms with Gasteiger partial charge in [-0.15, -0.1) is 13.2 Å². The summed E-state index contributed by atoms with van der Waals surface area (Å²) in [5, 5.41) is 9.54. The van der Waals surface area contributed by atoms with Gasteiger partial charge in [0.05, 0.1) is 18.7 Å². The average Bonchev–Trinajstić information content (AvgIpc) is 3.09. The molecule has 1 aromatic carbocycles. The molecule has 6 nitrogen and oxygen atoms in total. The van der Waals surface area contributed by atoms with Gasteiger partial charge in [0.1, 0.15) is 18.1 Å². The Morgan fingerprint density at radius 3 is 2.36 bits per heavy atom. The molecule has 0 bridgehead atoms. The fraction of sp³-hybridized carbons (Fsp3) is 0.316. The Labute approximate surface area is 159 Å². The Hall–Kier alpha value is -3.28. The van der Waals surface area contributed by atoms with Gasteiger partial charge in [0.2, 0.25) is 0 Å². The fourth-order valence-corrected chi connectivity index (χ4v) is 3.12. The van der Waals surface area contributed by atoms with Crippen molar-refractivity contribution in [2.45, 2.75) is 19.2 Å². The fourth-order valence-electron chi connectivity index (χ4n) is 3.12. The van der Waals surface area contributed by atoms with Crippen molar-refractivity contribution in [1.82, 2.24) is 9.47 Å². The first-order valence-electron chi connectivity index (χ1n) is 8.57. The lowest BCUT2D eigenvalue weighted by Crippen LogP contribution is -2.39. The average molecular weight is 391 g/mol. The van der Waals surface area contributed by atoms with Crippen LogP contribution in [0.4, 0.5) is 18.0 Å². The van der Waals surface area contributed by atoms with E-state index in [9.17, 15) is 23.2 Å². The molecule has 0 spiro atoms. The number of carbonyl (C=O) groups is 1. The van der Waals surface area contributed by atoms with E-state index in [-0.39, 0.29) is 11.8 Å². The number of benzene rings is 1. The zero-order valence-electron chi connectivity index (χ0n) is 15.1. The van der Waals surface area contributed by atoms with Crippen LogP contribution in [-0.2, 0) is 7.05 Å². The number of halogens is 3. The van der Waals surface area contributed by atoms with Crippen molar-refractivity contribution < 1.29 is 27.3 Å². The van der Waals surface area contributed by atoms with Crippen molar-refractivity contribution >= 4 is 11.6 Å². The van der Waals surface area contributed by atoms with E-state index in [1.54, 1.807) is 28.2 Å². The zero-order chi connectivity index (χ0) is 20.3. The van der Waals surface area contributed by atoms with Crippen LogP contribution in [0.15, 0.2) is 48.6 Å². The number of likely N-dealkylation sites (tertiary alicyclic amines) is 1. The predicted octanol–water partition coefficient (Wildman–Crippen LogP) is 3.25. The molecule has 0 aliphatic carbocycles. The van der Waals surface area contributed by atoms with Crippen LogP contribution >= 0.6 is 0 Å². The van der Waals surface area contributed by atoms with Crippen LogP contribution in [0.3, 0.4) is 0 Å². The third kappa shape index (κ3) is 4.52. The minimum Gasteiger partial charge on any atom is -0.406 e. The number of piperidine rings is 1. The number of amides is 1. The molecule has 0 atom stereocenters. The number of rotatable bonds is 2. The Morgan fingerprint density at radius 2 is 1.86 bits per heavy atom. The summed E-state index contributed by atoms with van der Waals surface area (Å²) < 4.78 is 43.9. The molecule has 2 aromatic rings. The summed E-state index contributed by atoms with van der Waals surface area (Å²) in [4.78, 5) is 14.2. The molecular formula is C19H18F3N4O2+. The quantitative estimate of drug-likeness (QED) is 0.583. The second-order valence-electron chi connectivity index (χ2n) is 6.42. The van der Waals surface area contributed by atoms with Crippen molar-refractivity contribution in [3.05, 3.63) is 54.1 Å². The topological polar surface area (TPSA) is 62.1 Å². The highest BCUT2D eigenvalue weighted by atomic mass is 19.4. The number of aromatic nitrogens is 2. The number of nitriles is 1. The molecule has 1 fully saturated rings. The van der Waals surface area contributed by atoms with Gasteiger partial charge in [-0.1, -0.05) is 0 Å². The van der Waals surface area contributed by atoms with Crippen LogP contribution in [0.1, 0.15) is 18.4 Å². The van der Waals surface area contributed by atoms with E-state index in [1.165, 1.54) is 28.8 Å². The highest BCUT2D eigenvalue weighted by molar-refractivity contribution is 5.81. The van der Waals surface area contributed by atoms with Crippen molar-refractivity contribution in [1.29, 1.82) is 5.26 Å². The Bertz CT molecular complexity index is 929. The van der Waals surface area contributed by atoms with Gasteiger partial charge in [-0.25, -0.2) is 9.36 Å². The number of carbonyl (C=O) groups excluding carboxylic acids is 1. The molecule has 1 saturated heterocycles. The number of nitrogens with zero attached hydrogens (tertiary/aromatic N) is 4. The third-order valence-corrected chi connectivity index (χ3v) is 4.47. The first kappa shape index (κ1) is 19.5. The number of hydrogen-bond donors (Lipinski definition) is 0. The van der Waals surface area contributed by atoms with Crippen molar-refractivity contribution in [3.63, 3.8) is 0 Å². The SMILES string of the molecule is C[n+]1ccn(C(=O)N2CCC(=C(C#N)c3ccc(OC(F)(F)F)cc3)CC2)c1. The number of imidazole rings is 1. The number of ether oxygens (including phenoxy) is 1. The van der Waals surface area contributed by atoms with Crippen molar-refractivity contribution in [2.75, 3.05) is 13.1 Å². The first-order chi connectivity index (χ1) is 13.3. The summed E-state index contributed by atoms with van der Waals surface area (Å²) in [6.45, 7) is 0.938. The van der Waals surface area contributed by atoms with E-state index in [2.05, 4.69) is 10.8 Å². The van der Waals surface area contributed by atoms with Gasteiger partial charge in [0.15, 0.2) is 0 Å². The maximum atomic E-state index is 12.5. The number of aryl methyl sites for hydroxylation is 1. The third-order valence-electron chi connectivity index (χ3n) is 4.47. The predicted molar refractivity (Wildman–Crippen MR) is 92.9 cm³/mol. The molecular weight excluding hydrogens is 373 g/mol. The van der Waals surface area contributed by atoms with Gasteiger partial charge in [0, 0.05) is 13.1 Å². The Morgan fingerprint density at radius 1 is 1.21 bits per heavy atom. The van der Waals surface area contributed by atoms with Crippen LogP contribution in [-0.4, -0.2) is 34.9 Å². The molecule has 1 aliphatic heterocycles. The van der Waals surface area contributed by atoms with Gasteiger partial charge in [-0.05, 0) is 48.2 Å². The summed E-state index contributed by atoms with van der Waals surface area (Å²) in [5.74, 6) is -0.334. The molecule has 146 valence electrons. The summed E-state index contributed by atoms with van der Waals surface area (Å²) in [6, 6.07) is 7.25. The van der Waals surface area contributed by atoms with Crippen LogP contribution < -0.4 is 9.30 Å². The standard InChI is InChI=1S/C19H18F3N4O2/c1-24-10-11-26(13-24)18(27)25-8-6-15(7-9-25)17(12-23)14-2-4-16(5-3-14)28-19(20,21)22/h2-5,10-11,13H,6-9H2,1H3/q+1. The van der Waals surface area contributed by atoms with Gasteiger partial charge in [-0.3, -0.25) is 0 Å². The molecule has 1 aliphatic rings. The zero-order valence-corrected chi connectivity index (χ0v) is 15.1. The summed E-state index contributed by atoms with van der Waals surface area (Å²) in [6.07, 6.45) is 1.44. The minimum atomic E-state index is -4.76. The van der Waals surface area contributed by atoms with Gasteiger partial charge >= 0.3 is 12.4 Å². The molecule has 1 amide bonds. The van der Waals surface area contributed by atoms with E-state index in [0.29, 0.717) is 37.1 Å². The molecule has 9 heteroatoms. The van der Waals surface area contributed by atoms with E-state index in [1.807, 2.05) is 7.05 Å². The normalized spacial score (nSPS) is 14.5. The lowest BCUT2D eigenvalue weighted by atomic mass is 9.94. The van der Waals surface area contributed by atoms with Crippen LogP contribution in [0.25, 0.3) is 5.57 Å². The van der Waals surface area contributed by atoms with Crippen LogP contribution in [0, 0.1) is 11.3 Å². The molecule has 0 N–H and O–H groups in total. The second-order valence-corrected chi connectivity index (χ2v) is 6.42. The lowest BCUT2D eigenvalue weighted by molar-refractivity contribution is -0.670. The molecule has 0 radical (unpaired) electrons. The van der Waals surface area contributed by atoms with Crippen molar-refractivity contribution in [3.8, 4) is 11.8 Å². The summed E-state index contributed by atoms with van der Waals surface area (Å²) in [7, 11) is 1.82. The molecule has 0 unspecified atom stereocenters. The van der Waals surface area contributed by atoms with Gasteiger partial charge in [0.25, 0.3) is 6.33 Å². The molecule has 0 saturated carbocycles. The maximum absolute atomic E-state index is 12.5. The molecule has 2 heterocycles. The number of allylic oxidation sites excluding steroid dienone is 1. The van der Waals surface area contributed by atoms with Crippen LogP contribution in [0.5, 0.6) is 5.75 Å². The van der Waals surface area contributed by atoms with E-state index in [0.717, 1.165) is 5.57 Å². The van der Waals surface area contributed by atoms with E-state index >= 15 is 0 Å². The maximum Gasteiger partial charge on any atom is 0.573 e. The van der Waals surface area contributed by atoms with Gasteiger partial charge in [-0.2, -0.15) is 9.83 Å². The van der Waals surface area contributed by atoms with Crippen LogP contribution in [0.2, 0.25) is 0 Å². The van der Waals surface area contributed by atoms with Gasteiger partial charge < -0.3 is 9.64 Å². The minimum absolute atomic E-state index is 0.133. The molecule has 1 aromatic heterocycles. The highest BCUT2D eigenvalue weighted by Gasteiger charge is 2.31. The summed E-state index contributed by atoms with van der Waals surface area (Å²) in [5.41, 5.74) is 1.84. The Kier molecular flexibility index (Phi) is 5.40. The molecule has 3 rings (SSSR count). The molecule has 28 heavy (non-hydrogen) atoms. The number of hydrogen-bond acceptors (Lipinski definition) is 3. The first-order valence-corrected chi connectivity index (χ1v) is 8.57. The smallest absolute Gasteiger partial charge is 0.406 e. The summed E-state index contributed by atoms with van der Waals surface area (Å²) >= 11 is 0. The lowest BCUT2D eigenvalue weighted by Gasteiger charge is -2.27. The van der Waals surface area contributed by atoms with E-state index in [4.69, 9.17) is 0 Å². The number of alkyl halides is 3. The van der Waals surface area contributed by atoms with Crippen molar-refractivity contribution in [2.24, 2.45) is 7.05 Å². The Balaban J connectivity index is 1.71. The second kappa shape index (κ2) is 7.76. The highest BCUT2D eigenvalue weighted by Crippen LogP contribution is 2.29. The van der Waals surface area contributed by atoms with E-state index < -0.39 is 6.36 Å².